The van der Waals surface area contributed by atoms with Crippen molar-refractivity contribution in [3.8, 4) is 0 Å². The van der Waals surface area contributed by atoms with Crippen LogP contribution in [0.4, 0.5) is 10.5 Å². The Morgan fingerprint density at radius 3 is 2.41 bits per heavy atom. The number of carbonyl (C=O) groups is 1. The molecule has 6 nitrogen and oxygen atoms in total. The minimum atomic E-state index is -0.0534. The lowest BCUT2D eigenvalue weighted by Gasteiger charge is -2.28. The highest BCUT2D eigenvalue weighted by molar-refractivity contribution is 6.08. The van der Waals surface area contributed by atoms with Gasteiger partial charge in [0.1, 0.15) is 0 Å². The number of hydrogen-bond acceptors (Lipinski definition) is 3. The van der Waals surface area contributed by atoms with Crippen LogP contribution in [0.1, 0.15) is 31.4 Å². The van der Waals surface area contributed by atoms with Crippen molar-refractivity contribution in [3.05, 3.63) is 77.9 Å². The average Bonchev–Trinajstić information content (AvgIpc) is 3.26. The van der Waals surface area contributed by atoms with E-state index in [1.165, 1.54) is 27.4 Å². The lowest BCUT2D eigenvalue weighted by molar-refractivity contribution is 0.0365. The molecule has 0 unspecified atom stereocenters. The van der Waals surface area contributed by atoms with Crippen LogP contribution < -0.4 is 5.32 Å². The highest BCUT2D eigenvalue weighted by Crippen LogP contribution is 2.30. The van der Waals surface area contributed by atoms with Gasteiger partial charge in [0.15, 0.2) is 0 Å². The van der Waals surface area contributed by atoms with E-state index in [0.29, 0.717) is 13.1 Å². The lowest BCUT2D eigenvalue weighted by Crippen LogP contribution is -2.40. The third-order valence-corrected chi connectivity index (χ3v) is 7.43. The van der Waals surface area contributed by atoms with Gasteiger partial charge in [-0.05, 0) is 61.2 Å². The number of nitrogens with zero attached hydrogens (tertiary/aromatic N) is 3. The fourth-order valence-electron chi connectivity index (χ4n) is 5.35. The Kier molecular flexibility index (Phi) is 8.07. The van der Waals surface area contributed by atoms with Crippen molar-refractivity contribution >= 4 is 33.5 Å². The molecule has 1 aliphatic heterocycles. The summed E-state index contributed by atoms with van der Waals surface area (Å²) in [5.74, 6) is 0. The monoisotopic (exact) mass is 498 g/mol. The molecule has 3 aromatic carbocycles. The molecule has 1 saturated heterocycles. The topological polar surface area (TPSA) is 49.7 Å². The molecule has 0 spiro atoms. The summed E-state index contributed by atoms with van der Waals surface area (Å²) in [4.78, 5) is 17.8. The van der Waals surface area contributed by atoms with Crippen molar-refractivity contribution in [2.24, 2.45) is 0 Å². The van der Waals surface area contributed by atoms with Crippen LogP contribution in [-0.2, 0) is 24.2 Å². The van der Waals surface area contributed by atoms with Crippen molar-refractivity contribution in [3.63, 3.8) is 0 Å². The van der Waals surface area contributed by atoms with Crippen LogP contribution in [0.25, 0.3) is 21.8 Å². The van der Waals surface area contributed by atoms with Crippen LogP contribution in [0, 0.1) is 0 Å². The summed E-state index contributed by atoms with van der Waals surface area (Å²) in [6.45, 7) is 11.0. The van der Waals surface area contributed by atoms with Crippen molar-refractivity contribution in [1.29, 1.82) is 0 Å². The van der Waals surface area contributed by atoms with Gasteiger partial charge in [-0.3, -0.25) is 4.90 Å². The molecule has 1 aromatic heterocycles. The van der Waals surface area contributed by atoms with Gasteiger partial charge in [-0.1, -0.05) is 43.3 Å². The number of nitrogens with one attached hydrogen (secondary N) is 1. The Labute approximate surface area is 219 Å². The van der Waals surface area contributed by atoms with Gasteiger partial charge in [0.2, 0.25) is 0 Å². The Hall–Kier alpha value is -3.35. The van der Waals surface area contributed by atoms with E-state index in [-0.39, 0.29) is 6.03 Å². The second-order valence-corrected chi connectivity index (χ2v) is 9.82. The molecule has 0 aliphatic carbocycles. The third kappa shape index (κ3) is 5.81. The highest BCUT2D eigenvalue weighted by Gasteiger charge is 2.17. The van der Waals surface area contributed by atoms with Crippen molar-refractivity contribution in [2.75, 3.05) is 44.7 Å². The molecular formula is C31H38N4O2. The molecule has 0 atom stereocenters. The quantitative estimate of drug-likeness (QED) is 0.302. The summed E-state index contributed by atoms with van der Waals surface area (Å²) in [6, 6.07) is 23.3. The van der Waals surface area contributed by atoms with Crippen LogP contribution in [-0.4, -0.2) is 59.8 Å². The Morgan fingerprint density at radius 1 is 0.919 bits per heavy atom. The van der Waals surface area contributed by atoms with Gasteiger partial charge in [-0.15, -0.1) is 0 Å². The average molecular weight is 499 g/mol. The fourth-order valence-corrected chi connectivity index (χ4v) is 5.35. The maximum atomic E-state index is 13.5. The van der Waals surface area contributed by atoms with Gasteiger partial charge in [0.05, 0.1) is 13.2 Å². The molecule has 5 rings (SSSR count). The van der Waals surface area contributed by atoms with E-state index in [9.17, 15) is 4.79 Å². The molecule has 4 aromatic rings. The van der Waals surface area contributed by atoms with Gasteiger partial charge >= 0.3 is 6.03 Å². The highest BCUT2D eigenvalue weighted by atomic mass is 16.5. The predicted octanol–water partition coefficient (Wildman–Crippen LogP) is 6.13. The number of anilines is 1. The number of morpholine rings is 1. The van der Waals surface area contributed by atoms with Crippen LogP contribution in [0.3, 0.4) is 0 Å². The summed E-state index contributed by atoms with van der Waals surface area (Å²) >= 11 is 0. The number of carbonyl (C=O) groups excluding carboxylic acids is 1. The zero-order valence-corrected chi connectivity index (χ0v) is 22.1. The first-order chi connectivity index (χ1) is 18.2. The number of hydrogen-bond donors (Lipinski definition) is 1. The number of amides is 2. The smallest absolute Gasteiger partial charge is 0.322 e. The van der Waals surface area contributed by atoms with Crippen LogP contribution in [0.15, 0.2) is 66.7 Å². The van der Waals surface area contributed by atoms with Crippen molar-refractivity contribution in [2.45, 2.75) is 39.8 Å². The maximum absolute atomic E-state index is 13.5. The summed E-state index contributed by atoms with van der Waals surface area (Å²) in [5, 5.41) is 5.64. The molecule has 2 amide bonds. The molecule has 194 valence electrons. The van der Waals surface area contributed by atoms with E-state index >= 15 is 0 Å². The fraction of sp³-hybridized carbons (Fsp3) is 0.387. The summed E-state index contributed by atoms with van der Waals surface area (Å²) < 4.78 is 7.85. The predicted molar refractivity (Wildman–Crippen MR) is 152 cm³/mol. The molecule has 37 heavy (non-hydrogen) atoms. The molecule has 0 radical (unpaired) electrons. The zero-order chi connectivity index (χ0) is 25.6. The first-order valence-corrected chi connectivity index (χ1v) is 13.6. The number of para-hydroxylation sites is 1. The normalized spacial score (nSPS) is 14.3. The molecule has 0 bridgehead atoms. The standard InChI is InChI=1S/C31H38N4O2/c1-3-24-10-13-26(14-11-24)32-31(36)34(17-7-16-33-18-20-37-21-19-33)23-25-12-15-30-28(22-25)27-8-5-6-9-29(27)35(30)4-2/h5-6,8-15,22H,3-4,7,16-21,23H2,1-2H3,(H,32,36). The molecule has 1 fully saturated rings. The summed E-state index contributed by atoms with van der Waals surface area (Å²) in [7, 11) is 0. The summed E-state index contributed by atoms with van der Waals surface area (Å²) in [5.41, 5.74) is 5.75. The molecule has 2 heterocycles. The van der Waals surface area contributed by atoms with Crippen LogP contribution in [0.5, 0.6) is 0 Å². The van der Waals surface area contributed by atoms with Gasteiger partial charge in [-0.25, -0.2) is 4.79 Å². The molecular weight excluding hydrogens is 460 g/mol. The SMILES string of the molecule is CCc1ccc(NC(=O)N(CCCN2CCOCC2)Cc2ccc3c(c2)c2ccccc2n3CC)cc1. The van der Waals surface area contributed by atoms with Crippen LogP contribution >= 0.6 is 0 Å². The van der Waals surface area contributed by atoms with Crippen molar-refractivity contribution in [1.82, 2.24) is 14.4 Å². The number of ether oxygens (including phenoxy) is 1. The van der Waals surface area contributed by atoms with Gasteiger partial charge in [0, 0.05) is 66.8 Å². The molecule has 6 heteroatoms. The van der Waals surface area contributed by atoms with E-state index in [0.717, 1.165) is 63.5 Å². The molecule has 1 N–H and O–H groups in total. The largest absolute Gasteiger partial charge is 0.379 e. The first kappa shape index (κ1) is 25.3. The van der Waals surface area contributed by atoms with E-state index in [4.69, 9.17) is 4.74 Å². The van der Waals surface area contributed by atoms with E-state index in [1.54, 1.807) is 0 Å². The number of urea groups is 1. The van der Waals surface area contributed by atoms with Crippen LogP contribution in [0.2, 0.25) is 0 Å². The number of fused-ring (bicyclic) bond motifs is 3. The second kappa shape index (κ2) is 11.8. The Morgan fingerprint density at radius 2 is 1.65 bits per heavy atom. The van der Waals surface area contributed by atoms with Crippen molar-refractivity contribution < 1.29 is 9.53 Å². The van der Waals surface area contributed by atoms with E-state index in [2.05, 4.69) is 83.2 Å². The first-order valence-electron chi connectivity index (χ1n) is 13.6. The van der Waals surface area contributed by atoms with Gasteiger partial charge in [0.25, 0.3) is 0 Å². The van der Waals surface area contributed by atoms with E-state index < -0.39 is 0 Å². The minimum absolute atomic E-state index is 0.0534. The number of aromatic nitrogens is 1. The van der Waals surface area contributed by atoms with E-state index in [1.807, 2.05) is 17.0 Å². The summed E-state index contributed by atoms with van der Waals surface area (Å²) in [6.07, 6.45) is 1.92. The minimum Gasteiger partial charge on any atom is -0.379 e. The zero-order valence-electron chi connectivity index (χ0n) is 22.1. The maximum Gasteiger partial charge on any atom is 0.322 e. The lowest BCUT2D eigenvalue weighted by atomic mass is 10.1. The second-order valence-electron chi connectivity index (χ2n) is 9.82. The number of benzene rings is 3. The number of aryl methyl sites for hydroxylation is 2. The third-order valence-electron chi connectivity index (χ3n) is 7.43. The molecule has 1 aliphatic rings. The molecule has 0 saturated carbocycles. The van der Waals surface area contributed by atoms with Gasteiger partial charge in [-0.2, -0.15) is 0 Å². The Balaban J connectivity index is 1.36. The number of rotatable bonds is 9. The Bertz CT molecular complexity index is 1340. The van der Waals surface area contributed by atoms with Gasteiger partial charge < -0.3 is 19.5 Å².